The van der Waals surface area contributed by atoms with Gasteiger partial charge in [-0.25, -0.2) is 14.4 Å². The first-order chi connectivity index (χ1) is 19.0. The summed E-state index contributed by atoms with van der Waals surface area (Å²) >= 11 is 6.07. The SMILES string of the molecule is O=C1/C=C/C(=O)ON2C(=O)OC3(CCN(CCC(Oc4cccc(Cl)c4)c4cccc(C(F)(F)F)c4)CC3)C2O1. The number of fused-ring (bicyclic) bond motifs is 2. The number of halogens is 4. The van der Waals surface area contributed by atoms with Gasteiger partial charge in [0.05, 0.1) is 5.56 Å². The molecule has 0 radical (unpaired) electrons. The summed E-state index contributed by atoms with van der Waals surface area (Å²) in [4.78, 5) is 43.4. The lowest BCUT2D eigenvalue weighted by molar-refractivity contribution is -0.222. The minimum atomic E-state index is -4.50. The number of carbonyl (C=O) groups excluding carboxylic acids is 3. The molecule has 0 saturated carbocycles. The zero-order valence-corrected chi connectivity index (χ0v) is 21.7. The Labute approximate surface area is 231 Å². The van der Waals surface area contributed by atoms with Crippen LogP contribution in [0.5, 0.6) is 5.75 Å². The normalized spacial score (nSPS) is 22.4. The minimum absolute atomic E-state index is 0.262. The minimum Gasteiger partial charge on any atom is -0.486 e. The molecule has 9 nitrogen and oxygen atoms in total. The number of piperidine rings is 1. The first kappa shape index (κ1) is 27.8. The number of esters is 1. The van der Waals surface area contributed by atoms with E-state index < -0.39 is 47.7 Å². The van der Waals surface area contributed by atoms with Crippen LogP contribution in [-0.4, -0.2) is 59.5 Å². The zero-order chi connectivity index (χ0) is 28.5. The van der Waals surface area contributed by atoms with Crippen LogP contribution in [-0.2, 0) is 30.1 Å². The van der Waals surface area contributed by atoms with E-state index in [1.807, 2.05) is 4.90 Å². The third-order valence-electron chi connectivity index (χ3n) is 6.98. The highest BCUT2D eigenvalue weighted by molar-refractivity contribution is 6.30. The molecule has 3 heterocycles. The monoisotopic (exact) mass is 580 g/mol. The van der Waals surface area contributed by atoms with Gasteiger partial charge in [0.2, 0.25) is 0 Å². The highest BCUT2D eigenvalue weighted by Crippen LogP contribution is 2.40. The number of nitrogens with zero attached hydrogens (tertiary/aromatic N) is 2. The Morgan fingerprint density at radius 3 is 2.48 bits per heavy atom. The van der Waals surface area contributed by atoms with Crippen molar-refractivity contribution in [3.63, 3.8) is 0 Å². The maximum absolute atomic E-state index is 13.4. The maximum Gasteiger partial charge on any atom is 0.447 e. The van der Waals surface area contributed by atoms with Gasteiger partial charge >= 0.3 is 24.2 Å². The van der Waals surface area contributed by atoms with Crippen molar-refractivity contribution in [2.75, 3.05) is 19.6 Å². The van der Waals surface area contributed by atoms with E-state index in [1.165, 1.54) is 6.07 Å². The predicted molar refractivity (Wildman–Crippen MR) is 133 cm³/mol. The van der Waals surface area contributed by atoms with Crippen LogP contribution in [0, 0.1) is 0 Å². The molecule has 2 aromatic carbocycles. The number of carbonyl (C=O) groups is 3. The number of hydrogen-bond donors (Lipinski definition) is 0. The molecule has 3 aliphatic rings. The van der Waals surface area contributed by atoms with Crippen molar-refractivity contribution < 1.29 is 46.6 Å². The van der Waals surface area contributed by atoms with Gasteiger partial charge in [0, 0.05) is 56.1 Å². The fourth-order valence-electron chi connectivity index (χ4n) is 4.95. The summed E-state index contributed by atoms with van der Waals surface area (Å²) in [5.41, 5.74) is -1.63. The smallest absolute Gasteiger partial charge is 0.447 e. The largest absolute Gasteiger partial charge is 0.486 e. The molecule has 5 rings (SSSR count). The third kappa shape index (κ3) is 6.02. The Hall–Kier alpha value is -3.77. The van der Waals surface area contributed by atoms with Crippen molar-refractivity contribution in [1.82, 2.24) is 9.96 Å². The number of likely N-dealkylation sites (tertiary alicyclic amines) is 1. The first-order valence-corrected chi connectivity index (χ1v) is 12.8. The summed E-state index contributed by atoms with van der Waals surface area (Å²) in [6.45, 7) is 1.26. The van der Waals surface area contributed by atoms with Crippen LogP contribution in [0.4, 0.5) is 18.0 Å². The number of benzene rings is 2. The Kier molecular flexibility index (Phi) is 7.65. The Bertz CT molecular complexity index is 1330. The van der Waals surface area contributed by atoms with Crippen LogP contribution in [0.2, 0.25) is 5.02 Å². The van der Waals surface area contributed by atoms with Gasteiger partial charge in [-0.1, -0.05) is 34.9 Å². The van der Waals surface area contributed by atoms with Gasteiger partial charge in [-0.15, -0.1) is 0 Å². The van der Waals surface area contributed by atoms with Crippen LogP contribution in [0.3, 0.4) is 0 Å². The van der Waals surface area contributed by atoms with E-state index in [2.05, 4.69) is 0 Å². The summed E-state index contributed by atoms with van der Waals surface area (Å²) in [6.07, 6.45) is -4.76. The molecule has 0 aliphatic carbocycles. The lowest BCUT2D eigenvalue weighted by atomic mass is 9.89. The number of hydrogen-bond acceptors (Lipinski definition) is 8. The second kappa shape index (κ2) is 11.0. The second-order valence-electron chi connectivity index (χ2n) is 9.61. The summed E-state index contributed by atoms with van der Waals surface area (Å²) in [5, 5.41) is 1.07. The summed E-state index contributed by atoms with van der Waals surface area (Å²) in [5.74, 6) is -1.30. The number of amides is 1. The molecular weight excluding hydrogens is 557 g/mol. The highest BCUT2D eigenvalue weighted by Gasteiger charge is 2.59. The zero-order valence-electron chi connectivity index (χ0n) is 20.9. The molecule has 2 aromatic rings. The van der Waals surface area contributed by atoms with Crippen molar-refractivity contribution in [3.8, 4) is 5.75 Å². The maximum atomic E-state index is 13.4. The lowest BCUT2D eigenvalue weighted by Gasteiger charge is -2.40. The van der Waals surface area contributed by atoms with E-state index in [-0.39, 0.29) is 12.8 Å². The molecule has 13 heteroatoms. The van der Waals surface area contributed by atoms with Crippen LogP contribution in [0.1, 0.15) is 36.5 Å². The quantitative estimate of drug-likeness (QED) is 0.438. The molecular formula is C27H24ClF3N2O7. The van der Waals surface area contributed by atoms with Crippen molar-refractivity contribution in [3.05, 3.63) is 76.8 Å². The van der Waals surface area contributed by atoms with Crippen molar-refractivity contribution in [2.45, 2.75) is 43.4 Å². The van der Waals surface area contributed by atoms with Gasteiger partial charge in [-0.2, -0.15) is 13.2 Å². The van der Waals surface area contributed by atoms with Crippen LogP contribution in [0.15, 0.2) is 60.7 Å². The molecule has 2 fully saturated rings. The van der Waals surface area contributed by atoms with Crippen molar-refractivity contribution in [1.29, 1.82) is 0 Å². The third-order valence-corrected chi connectivity index (χ3v) is 7.21. The van der Waals surface area contributed by atoms with E-state index >= 15 is 0 Å². The van der Waals surface area contributed by atoms with Crippen molar-refractivity contribution in [2.24, 2.45) is 0 Å². The Morgan fingerprint density at radius 1 is 1.02 bits per heavy atom. The number of hydroxylamine groups is 2. The van der Waals surface area contributed by atoms with E-state index in [9.17, 15) is 27.6 Å². The molecule has 1 spiro atoms. The standard InChI is InChI=1S/C27H24ClF3N2O7/c28-19-5-2-6-20(16-19)37-21(17-3-1-4-18(15-17)27(29,30)31)9-12-32-13-10-26(11-14-32)24-33(25(36)39-26)40-23(35)8-7-22(34)38-24/h1-8,15-16,21,24H,9-14H2/b8-7+. The van der Waals surface area contributed by atoms with Crippen LogP contribution in [0.25, 0.3) is 0 Å². The lowest BCUT2D eigenvalue weighted by Crippen LogP contribution is -2.54. The van der Waals surface area contributed by atoms with Gasteiger partial charge in [-0.05, 0) is 35.9 Å². The van der Waals surface area contributed by atoms with Gasteiger partial charge in [0.25, 0.3) is 6.23 Å². The average molecular weight is 581 g/mol. The van der Waals surface area contributed by atoms with E-state index in [4.69, 9.17) is 30.6 Å². The predicted octanol–water partition coefficient (Wildman–Crippen LogP) is 5.05. The van der Waals surface area contributed by atoms with Crippen molar-refractivity contribution >= 4 is 29.6 Å². The van der Waals surface area contributed by atoms with Crippen LogP contribution >= 0.6 is 11.6 Å². The molecule has 40 heavy (non-hydrogen) atoms. The van der Waals surface area contributed by atoms with Gasteiger partial charge in [0.15, 0.2) is 5.60 Å². The Morgan fingerprint density at radius 2 is 1.75 bits per heavy atom. The van der Waals surface area contributed by atoms with Gasteiger partial charge in [-0.3, -0.25) is 0 Å². The number of ether oxygens (including phenoxy) is 3. The summed E-state index contributed by atoms with van der Waals surface area (Å²) < 4.78 is 57.2. The molecule has 2 atom stereocenters. The summed E-state index contributed by atoms with van der Waals surface area (Å²) in [7, 11) is 0. The molecule has 212 valence electrons. The number of alkyl halides is 3. The Balaban J connectivity index is 1.28. The average Bonchev–Trinajstić information content (AvgIpc) is 3.14. The summed E-state index contributed by atoms with van der Waals surface area (Å²) in [6, 6.07) is 11.6. The first-order valence-electron chi connectivity index (χ1n) is 12.5. The van der Waals surface area contributed by atoms with E-state index in [0.29, 0.717) is 47.5 Å². The molecule has 2 saturated heterocycles. The molecule has 0 N–H and O–H groups in total. The topological polar surface area (TPSA) is 94.6 Å². The van der Waals surface area contributed by atoms with E-state index in [0.717, 1.165) is 24.3 Å². The molecule has 0 aromatic heterocycles. The van der Waals surface area contributed by atoms with Crippen LogP contribution < -0.4 is 4.74 Å². The fraction of sp³-hybridized carbons (Fsp3) is 0.370. The molecule has 3 aliphatic heterocycles. The highest BCUT2D eigenvalue weighted by atomic mass is 35.5. The molecule has 1 amide bonds. The fourth-order valence-corrected chi connectivity index (χ4v) is 5.13. The van der Waals surface area contributed by atoms with Gasteiger partial charge < -0.3 is 23.9 Å². The number of rotatable bonds is 6. The molecule has 2 unspecified atom stereocenters. The van der Waals surface area contributed by atoms with E-state index in [1.54, 1.807) is 30.3 Å². The molecule has 0 bridgehead atoms. The second-order valence-corrected chi connectivity index (χ2v) is 10.0. The van der Waals surface area contributed by atoms with Gasteiger partial charge in [0.1, 0.15) is 11.9 Å².